The lowest BCUT2D eigenvalue weighted by Crippen LogP contribution is -2.02. The van der Waals surface area contributed by atoms with E-state index in [2.05, 4.69) is 20.1 Å². The Morgan fingerprint density at radius 3 is 2.58 bits per heavy atom. The molecule has 0 fully saturated rings. The average Bonchev–Trinajstić information content (AvgIpc) is 3.51. The second kappa shape index (κ2) is 8.19. The van der Waals surface area contributed by atoms with Crippen LogP contribution in [0.1, 0.15) is 40.9 Å². The number of hydrogen-bond donors (Lipinski definition) is 0. The number of ether oxygens (including phenoxy) is 1. The largest absolute Gasteiger partial charge is 0.479 e. The van der Waals surface area contributed by atoms with Crippen molar-refractivity contribution in [1.82, 2.24) is 29.3 Å². The molecule has 168 valence electrons. The number of pyridine rings is 1. The number of hydrogen-bond acceptors (Lipinski definition) is 5. The molecule has 0 unspecified atom stereocenters. The number of nitrogens with zero attached hydrogens (tertiary/aromatic N) is 6. The van der Waals surface area contributed by atoms with E-state index < -0.39 is 17.5 Å². The number of halogens is 3. The second-order valence-corrected chi connectivity index (χ2v) is 7.71. The molecule has 0 saturated heterocycles. The average molecular weight is 452 g/mol. The molecule has 5 rings (SSSR count). The molecular weight excluding hydrogens is 433 g/mol. The molecule has 0 amide bonds. The zero-order valence-electron chi connectivity index (χ0n) is 17.8. The fourth-order valence-electron chi connectivity index (χ4n) is 3.94. The molecule has 0 spiro atoms. The van der Waals surface area contributed by atoms with E-state index in [1.165, 1.54) is 0 Å². The normalized spacial score (nSPS) is 15.4. The highest BCUT2D eigenvalue weighted by Crippen LogP contribution is 2.34. The first-order valence-corrected chi connectivity index (χ1v) is 10.3. The van der Waals surface area contributed by atoms with Gasteiger partial charge in [-0.05, 0) is 55.3 Å². The third-order valence-electron chi connectivity index (χ3n) is 5.51. The molecule has 4 heterocycles. The third-order valence-corrected chi connectivity index (χ3v) is 5.51. The van der Waals surface area contributed by atoms with Crippen LogP contribution in [-0.2, 0) is 6.54 Å². The van der Waals surface area contributed by atoms with E-state index in [-0.39, 0.29) is 5.92 Å². The molecule has 7 nitrogen and oxygen atoms in total. The van der Waals surface area contributed by atoms with E-state index in [1.54, 1.807) is 30.3 Å². The lowest BCUT2D eigenvalue weighted by atomic mass is 9.97. The molecule has 33 heavy (non-hydrogen) atoms. The first-order valence-electron chi connectivity index (χ1n) is 10.3. The lowest BCUT2D eigenvalue weighted by molar-refractivity contribution is 0.395. The Morgan fingerprint density at radius 1 is 1.09 bits per heavy atom. The maximum Gasteiger partial charge on any atom is 0.238 e. The van der Waals surface area contributed by atoms with Crippen molar-refractivity contribution in [3.63, 3.8) is 0 Å². The zero-order valence-corrected chi connectivity index (χ0v) is 17.8. The van der Waals surface area contributed by atoms with E-state index in [1.807, 2.05) is 29.8 Å². The molecule has 0 bridgehead atoms. The highest BCUT2D eigenvalue weighted by molar-refractivity contribution is 5.65. The van der Waals surface area contributed by atoms with Gasteiger partial charge in [0.2, 0.25) is 5.88 Å². The molecule has 0 saturated carbocycles. The van der Waals surface area contributed by atoms with Gasteiger partial charge < -0.3 is 9.30 Å². The minimum Gasteiger partial charge on any atom is -0.479 e. The van der Waals surface area contributed by atoms with Gasteiger partial charge in [-0.15, -0.1) is 0 Å². The molecule has 3 aromatic heterocycles. The Morgan fingerprint density at radius 2 is 1.88 bits per heavy atom. The Bertz CT molecular complexity index is 1350. The number of fused-ring (bicyclic) bond motifs is 1. The van der Waals surface area contributed by atoms with Crippen LogP contribution in [0, 0.1) is 24.4 Å². The number of benzene rings is 1. The molecule has 10 heteroatoms. The number of aryl methyl sites for hydroxylation is 2. The van der Waals surface area contributed by atoms with Crippen LogP contribution in [0.5, 0.6) is 5.88 Å². The molecule has 1 atom stereocenters. The maximum atomic E-state index is 13.7. The summed E-state index contributed by atoms with van der Waals surface area (Å²) in [5.74, 6) is -2.80. The number of imidazole rings is 1. The Balaban J connectivity index is 1.39. The molecule has 1 aliphatic rings. The van der Waals surface area contributed by atoms with E-state index in [0.29, 0.717) is 41.8 Å². The summed E-state index contributed by atoms with van der Waals surface area (Å²) in [5, 5.41) is 4.44. The third kappa shape index (κ3) is 3.88. The summed E-state index contributed by atoms with van der Waals surface area (Å²) in [6, 6.07) is 5.74. The fourth-order valence-corrected chi connectivity index (χ4v) is 3.94. The van der Waals surface area contributed by atoms with Crippen LogP contribution in [0.4, 0.5) is 13.2 Å². The van der Waals surface area contributed by atoms with Crippen LogP contribution in [0.2, 0.25) is 0 Å². The van der Waals surface area contributed by atoms with Crippen LogP contribution in [0.25, 0.3) is 17.8 Å². The van der Waals surface area contributed by atoms with Gasteiger partial charge in [-0.2, -0.15) is 5.10 Å². The van der Waals surface area contributed by atoms with Crippen molar-refractivity contribution in [2.45, 2.75) is 25.8 Å². The summed E-state index contributed by atoms with van der Waals surface area (Å²) < 4.78 is 49.7. The Hall–Kier alpha value is -3.95. The maximum absolute atomic E-state index is 13.7. The summed E-state index contributed by atoms with van der Waals surface area (Å²) in [7, 11) is 1.55. The predicted octanol–water partition coefficient (Wildman–Crippen LogP) is 4.30. The van der Waals surface area contributed by atoms with Crippen molar-refractivity contribution >= 4 is 12.2 Å². The van der Waals surface area contributed by atoms with Crippen molar-refractivity contribution < 1.29 is 17.9 Å². The van der Waals surface area contributed by atoms with Gasteiger partial charge in [0.1, 0.15) is 11.5 Å². The fraction of sp³-hybridized carbons (Fsp3) is 0.217. The van der Waals surface area contributed by atoms with Gasteiger partial charge >= 0.3 is 0 Å². The van der Waals surface area contributed by atoms with Crippen molar-refractivity contribution in [3.8, 4) is 11.6 Å². The zero-order chi connectivity index (χ0) is 23.1. The molecule has 1 aromatic carbocycles. The highest BCUT2D eigenvalue weighted by atomic mass is 19.2. The second-order valence-electron chi connectivity index (χ2n) is 7.71. The van der Waals surface area contributed by atoms with Gasteiger partial charge in [0.25, 0.3) is 0 Å². The lowest BCUT2D eigenvalue weighted by Gasteiger charge is -2.09. The highest BCUT2D eigenvalue weighted by Gasteiger charge is 2.29. The SMILES string of the molecule is COc1nc(/C=C/c2nc3n(n2)CC[C@@H]3c2cc(F)c(F)c(F)c2)ccc1-n1cnc(C)c1. The first-order chi connectivity index (χ1) is 15.9. The van der Waals surface area contributed by atoms with Crippen LogP contribution >= 0.6 is 0 Å². The van der Waals surface area contributed by atoms with Gasteiger partial charge in [0.05, 0.1) is 24.8 Å². The summed E-state index contributed by atoms with van der Waals surface area (Å²) >= 11 is 0. The Kier molecular flexibility index (Phi) is 5.20. The number of aromatic nitrogens is 6. The van der Waals surface area contributed by atoms with Crippen LogP contribution < -0.4 is 4.74 Å². The summed E-state index contributed by atoms with van der Waals surface area (Å²) in [5.41, 5.74) is 2.62. The quantitative estimate of drug-likeness (QED) is 0.423. The topological polar surface area (TPSA) is 70.7 Å². The van der Waals surface area contributed by atoms with Crippen LogP contribution in [0.15, 0.2) is 36.8 Å². The van der Waals surface area contributed by atoms with Gasteiger partial charge in [-0.1, -0.05) is 0 Å². The van der Waals surface area contributed by atoms with E-state index in [9.17, 15) is 13.2 Å². The van der Waals surface area contributed by atoms with Crippen LogP contribution in [0.3, 0.4) is 0 Å². The van der Waals surface area contributed by atoms with Crippen molar-refractivity contribution in [3.05, 3.63) is 82.8 Å². The van der Waals surface area contributed by atoms with E-state index in [0.717, 1.165) is 23.5 Å². The predicted molar refractivity (Wildman–Crippen MR) is 114 cm³/mol. The van der Waals surface area contributed by atoms with Crippen molar-refractivity contribution in [1.29, 1.82) is 0 Å². The summed E-state index contributed by atoms with van der Waals surface area (Å²) in [4.78, 5) is 13.2. The minimum atomic E-state index is -1.47. The van der Waals surface area contributed by atoms with E-state index in [4.69, 9.17) is 4.74 Å². The smallest absolute Gasteiger partial charge is 0.238 e. The molecule has 0 N–H and O–H groups in total. The van der Waals surface area contributed by atoms with Crippen LogP contribution in [-0.4, -0.2) is 36.4 Å². The molecule has 0 radical (unpaired) electrons. The monoisotopic (exact) mass is 452 g/mol. The van der Waals surface area contributed by atoms with E-state index >= 15 is 0 Å². The summed E-state index contributed by atoms with van der Waals surface area (Å²) in [6.45, 7) is 2.45. The number of rotatable bonds is 5. The summed E-state index contributed by atoms with van der Waals surface area (Å²) in [6.07, 6.45) is 7.61. The number of methoxy groups -OCH3 is 1. The van der Waals surface area contributed by atoms with Gasteiger partial charge in [-0.25, -0.2) is 32.8 Å². The van der Waals surface area contributed by atoms with Gasteiger partial charge in [0.15, 0.2) is 23.3 Å². The first kappa shape index (κ1) is 20.9. The molecule has 4 aromatic rings. The van der Waals surface area contributed by atoms with Crippen molar-refractivity contribution in [2.24, 2.45) is 0 Å². The minimum absolute atomic E-state index is 0.338. The standard InChI is InChI=1S/C23H19F3N6O/c1-13-11-31(12-27-13)19-5-3-15(28-23(19)33-2)4-6-20-29-22-16(7-8-32(22)30-20)14-9-17(24)21(26)18(25)10-14/h3-6,9-12,16H,7-8H2,1-2H3/b6-4+/t16-/m1/s1. The van der Waals surface area contributed by atoms with Crippen molar-refractivity contribution in [2.75, 3.05) is 7.11 Å². The van der Waals surface area contributed by atoms with Gasteiger partial charge in [-0.3, -0.25) is 0 Å². The molecule has 0 aliphatic carbocycles. The Labute approximate surface area is 187 Å². The molecule has 1 aliphatic heterocycles. The van der Waals surface area contributed by atoms with Gasteiger partial charge in [0, 0.05) is 18.7 Å². The molecular formula is C23H19F3N6O.